The van der Waals surface area contributed by atoms with Crippen molar-refractivity contribution < 1.29 is 23.4 Å². The van der Waals surface area contributed by atoms with E-state index in [4.69, 9.17) is 5.11 Å². The Labute approximate surface area is 123 Å². The second-order valence-electron chi connectivity index (χ2n) is 5.10. The van der Waals surface area contributed by atoms with Gasteiger partial charge in [-0.3, -0.25) is 0 Å². The fourth-order valence-corrected chi connectivity index (χ4v) is 4.40. The molecule has 0 aromatic carbocycles. The van der Waals surface area contributed by atoms with E-state index in [2.05, 4.69) is 0 Å². The van der Waals surface area contributed by atoms with Crippen molar-refractivity contribution >= 4 is 16.0 Å². The Bertz CT molecular complexity index is 623. The lowest BCUT2D eigenvalue weighted by Gasteiger charge is -2.33. The van der Waals surface area contributed by atoms with Crippen LogP contribution in [0.2, 0.25) is 0 Å². The number of carboxylic acids is 1. The predicted octanol–water partition coefficient (Wildman–Crippen LogP) is 0.742. The molecule has 2 N–H and O–H groups in total. The van der Waals surface area contributed by atoms with Gasteiger partial charge in [-0.2, -0.15) is 4.31 Å². The van der Waals surface area contributed by atoms with Crippen molar-refractivity contribution in [3.63, 3.8) is 0 Å². The SMILES string of the molecule is CCn1cc(S(=O)(=O)N2CCCCC2CO)cc1C(=O)O. The molecule has 1 fully saturated rings. The van der Waals surface area contributed by atoms with Crippen LogP contribution >= 0.6 is 0 Å². The highest BCUT2D eigenvalue weighted by Gasteiger charge is 2.34. The van der Waals surface area contributed by atoms with Gasteiger partial charge in [-0.1, -0.05) is 6.42 Å². The second-order valence-corrected chi connectivity index (χ2v) is 6.99. The van der Waals surface area contributed by atoms with E-state index < -0.39 is 22.0 Å². The number of hydrogen-bond acceptors (Lipinski definition) is 4. The van der Waals surface area contributed by atoms with Crippen LogP contribution in [0.5, 0.6) is 0 Å². The molecule has 1 aromatic rings. The number of aliphatic hydroxyl groups is 1. The maximum absolute atomic E-state index is 12.7. The minimum atomic E-state index is -3.78. The van der Waals surface area contributed by atoms with Crippen molar-refractivity contribution in [2.24, 2.45) is 0 Å². The molecule has 2 rings (SSSR count). The van der Waals surface area contributed by atoms with Gasteiger partial charge in [-0.05, 0) is 25.8 Å². The lowest BCUT2D eigenvalue weighted by Crippen LogP contribution is -2.45. The van der Waals surface area contributed by atoms with Gasteiger partial charge in [0.1, 0.15) is 10.6 Å². The van der Waals surface area contributed by atoms with Crippen LogP contribution in [-0.2, 0) is 16.6 Å². The van der Waals surface area contributed by atoms with E-state index in [1.54, 1.807) is 6.92 Å². The van der Waals surface area contributed by atoms with Crippen LogP contribution in [0.15, 0.2) is 17.2 Å². The molecule has 0 amide bonds. The fourth-order valence-electron chi connectivity index (χ4n) is 2.67. The van der Waals surface area contributed by atoms with Crippen molar-refractivity contribution in [1.29, 1.82) is 0 Å². The molecule has 0 saturated carbocycles. The van der Waals surface area contributed by atoms with E-state index in [0.29, 0.717) is 19.5 Å². The molecule has 1 saturated heterocycles. The van der Waals surface area contributed by atoms with Crippen LogP contribution in [-0.4, -0.2) is 52.7 Å². The molecule has 2 heterocycles. The Balaban J connectivity index is 2.41. The highest BCUT2D eigenvalue weighted by atomic mass is 32.2. The largest absolute Gasteiger partial charge is 0.477 e. The maximum Gasteiger partial charge on any atom is 0.352 e. The summed E-state index contributed by atoms with van der Waals surface area (Å²) in [5.41, 5.74) is -0.0476. The van der Waals surface area contributed by atoms with Gasteiger partial charge in [0.25, 0.3) is 0 Å². The van der Waals surface area contributed by atoms with Crippen LogP contribution in [0.4, 0.5) is 0 Å². The molecule has 1 atom stereocenters. The summed E-state index contributed by atoms with van der Waals surface area (Å²) in [5.74, 6) is -1.16. The number of rotatable bonds is 5. The number of piperidine rings is 1. The first kappa shape index (κ1) is 16.0. The summed E-state index contributed by atoms with van der Waals surface area (Å²) in [6.07, 6.45) is 3.60. The molecule has 21 heavy (non-hydrogen) atoms. The zero-order chi connectivity index (χ0) is 15.6. The Kier molecular flexibility index (Phi) is 4.70. The van der Waals surface area contributed by atoms with Crippen LogP contribution in [0.3, 0.4) is 0 Å². The molecule has 0 spiro atoms. The monoisotopic (exact) mass is 316 g/mol. The van der Waals surface area contributed by atoms with Gasteiger partial charge in [-0.15, -0.1) is 0 Å². The molecule has 0 aliphatic carbocycles. The van der Waals surface area contributed by atoms with Crippen molar-refractivity contribution in [3.05, 3.63) is 18.0 Å². The quantitative estimate of drug-likeness (QED) is 0.834. The van der Waals surface area contributed by atoms with E-state index in [1.165, 1.54) is 21.1 Å². The topological polar surface area (TPSA) is 99.8 Å². The highest BCUT2D eigenvalue weighted by Crippen LogP contribution is 2.26. The minimum absolute atomic E-state index is 0.0258. The number of carbonyl (C=O) groups is 1. The molecule has 0 bridgehead atoms. The molecular formula is C13H20N2O5S. The molecule has 7 nitrogen and oxygen atoms in total. The summed E-state index contributed by atoms with van der Waals surface area (Å²) in [6, 6.07) is 0.756. The number of aromatic nitrogens is 1. The fraction of sp³-hybridized carbons (Fsp3) is 0.615. The van der Waals surface area contributed by atoms with E-state index in [9.17, 15) is 18.3 Å². The molecule has 0 radical (unpaired) electrons. The molecule has 1 aliphatic heterocycles. The Morgan fingerprint density at radius 1 is 1.43 bits per heavy atom. The third-order valence-electron chi connectivity index (χ3n) is 3.82. The number of carboxylic acid groups (broad SMARTS) is 1. The summed E-state index contributed by atoms with van der Waals surface area (Å²) in [6.45, 7) is 2.26. The zero-order valence-corrected chi connectivity index (χ0v) is 12.7. The standard InChI is InChI=1S/C13H20N2O5S/c1-2-14-8-11(7-12(14)13(17)18)21(19,20)15-6-4-3-5-10(15)9-16/h7-8,10,16H,2-6,9H2,1H3,(H,17,18). The summed E-state index contributed by atoms with van der Waals surface area (Å²) >= 11 is 0. The smallest absolute Gasteiger partial charge is 0.352 e. The van der Waals surface area contributed by atoms with Gasteiger partial charge in [0.05, 0.1) is 6.61 Å². The molecule has 8 heteroatoms. The van der Waals surface area contributed by atoms with E-state index in [-0.39, 0.29) is 17.2 Å². The predicted molar refractivity (Wildman–Crippen MR) is 75.7 cm³/mol. The lowest BCUT2D eigenvalue weighted by molar-refractivity contribution is 0.0685. The van der Waals surface area contributed by atoms with Gasteiger partial charge in [0, 0.05) is 25.3 Å². The van der Waals surface area contributed by atoms with Gasteiger partial charge in [0.15, 0.2) is 0 Å². The first-order valence-electron chi connectivity index (χ1n) is 6.98. The number of hydrogen-bond donors (Lipinski definition) is 2. The average molecular weight is 316 g/mol. The van der Waals surface area contributed by atoms with Crippen LogP contribution in [0.25, 0.3) is 0 Å². The van der Waals surface area contributed by atoms with Gasteiger partial charge in [-0.25, -0.2) is 13.2 Å². The van der Waals surface area contributed by atoms with Crippen molar-refractivity contribution in [3.8, 4) is 0 Å². The highest BCUT2D eigenvalue weighted by molar-refractivity contribution is 7.89. The van der Waals surface area contributed by atoms with Crippen LogP contribution < -0.4 is 0 Å². The molecule has 1 unspecified atom stereocenters. The third-order valence-corrected chi connectivity index (χ3v) is 5.74. The third kappa shape index (κ3) is 2.97. The van der Waals surface area contributed by atoms with E-state index in [1.807, 2.05) is 0 Å². The van der Waals surface area contributed by atoms with Gasteiger partial charge >= 0.3 is 5.97 Å². The zero-order valence-electron chi connectivity index (χ0n) is 11.9. The van der Waals surface area contributed by atoms with Crippen molar-refractivity contribution in [2.75, 3.05) is 13.2 Å². The Hall–Kier alpha value is -1.38. The number of aromatic carboxylic acids is 1. The van der Waals surface area contributed by atoms with Crippen LogP contribution in [0, 0.1) is 0 Å². The van der Waals surface area contributed by atoms with E-state index in [0.717, 1.165) is 12.8 Å². The summed E-state index contributed by atoms with van der Waals surface area (Å²) in [4.78, 5) is 11.1. The summed E-state index contributed by atoms with van der Waals surface area (Å²) in [7, 11) is -3.78. The first-order chi connectivity index (χ1) is 9.91. The molecular weight excluding hydrogens is 296 g/mol. The first-order valence-corrected chi connectivity index (χ1v) is 8.42. The van der Waals surface area contributed by atoms with Gasteiger partial charge in [0.2, 0.25) is 10.0 Å². The van der Waals surface area contributed by atoms with Crippen molar-refractivity contribution in [1.82, 2.24) is 8.87 Å². The molecule has 1 aromatic heterocycles. The number of nitrogens with zero attached hydrogens (tertiary/aromatic N) is 2. The second kappa shape index (κ2) is 6.17. The van der Waals surface area contributed by atoms with Crippen molar-refractivity contribution in [2.45, 2.75) is 43.7 Å². The van der Waals surface area contributed by atoms with E-state index >= 15 is 0 Å². The minimum Gasteiger partial charge on any atom is -0.477 e. The van der Waals surface area contributed by atoms with Gasteiger partial charge < -0.3 is 14.8 Å². The molecule has 1 aliphatic rings. The Morgan fingerprint density at radius 3 is 2.67 bits per heavy atom. The van der Waals surface area contributed by atoms with Crippen LogP contribution in [0.1, 0.15) is 36.7 Å². The number of aryl methyl sites for hydroxylation is 1. The lowest BCUT2D eigenvalue weighted by atomic mass is 10.1. The normalized spacial score (nSPS) is 20.6. The summed E-state index contributed by atoms with van der Waals surface area (Å²) < 4.78 is 28.0. The summed E-state index contributed by atoms with van der Waals surface area (Å²) in [5, 5.41) is 18.5. The number of aliphatic hydroxyl groups excluding tert-OH is 1. The Morgan fingerprint density at radius 2 is 2.14 bits per heavy atom. The number of sulfonamides is 1. The maximum atomic E-state index is 12.7. The molecule has 118 valence electrons. The average Bonchev–Trinajstić information content (AvgIpc) is 2.92.